The summed E-state index contributed by atoms with van der Waals surface area (Å²) in [7, 11) is 0. The van der Waals surface area contributed by atoms with Crippen molar-refractivity contribution in [1.29, 1.82) is 0 Å². The molecule has 1 aliphatic carbocycles. The summed E-state index contributed by atoms with van der Waals surface area (Å²) >= 11 is 0. The Balaban J connectivity index is 1.73. The zero-order valence-corrected chi connectivity index (χ0v) is 12.7. The van der Waals surface area contributed by atoms with Gasteiger partial charge in [-0.15, -0.1) is 0 Å². The summed E-state index contributed by atoms with van der Waals surface area (Å²) in [6, 6.07) is 8.22. The molecule has 3 heteroatoms. The number of hydrogen-bond donors (Lipinski definition) is 1. The van der Waals surface area contributed by atoms with Crippen LogP contribution < -0.4 is 0 Å². The summed E-state index contributed by atoms with van der Waals surface area (Å²) in [5.74, 6) is -0.692. The van der Waals surface area contributed by atoms with E-state index in [1.165, 1.54) is 12.0 Å². The van der Waals surface area contributed by atoms with E-state index in [0.29, 0.717) is 6.42 Å². The lowest BCUT2D eigenvalue weighted by atomic mass is 9.68. The largest absolute Gasteiger partial charge is 0.481 e. The number of aryl methyl sites for hydroxylation is 1. The first kappa shape index (κ1) is 14.6. The fraction of sp³-hybridized carbons (Fsp3) is 0.611. The summed E-state index contributed by atoms with van der Waals surface area (Å²) in [5.41, 5.74) is 2.35. The fourth-order valence-electron chi connectivity index (χ4n) is 3.88. The number of carboxylic acid groups (broad SMARTS) is 1. The number of carboxylic acids is 1. The predicted octanol–water partition coefficient (Wildman–Crippen LogP) is 3.59. The van der Waals surface area contributed by atoms with Crippen molar-refractivity contribution in [2.75, 3.05) is 6.61 Å². The van der Waals surface area contributed by atoms with E-state index >= 15 is 0 Å². The first-order valence-electron chi connectivity index (χ1n) is 8.00. The van der Waals surface area contributed by atoms with Crippen LogP contribution >= 0.6 is 0 Å². The molecule has 2 unspecified atom stereocenters. The molecule has 3 rings (SSSR count). The quantitative estimate of drug-likeness (QED) is 0.921. The number of hydrogen-bond acceptors (Lipinski definition) is 2. The molecule has 1 aliphatic heterocycles. The third-order valence-electron chi connectivity index (χ3n) is 5.22. The first-order valence-corrected chi connectivity index (χ1v) is 8.00. The molecule has 1 aromatic rings. The standard InChI is InChI=1S/C18H24O3/c1-13-4-2-5-14(10-13)11-16(17(19)20)15-6-9-21-18(12-15)7-3-8-18/h2,4-5,10,15-16H,3,6-9,11-12H2,1H3,(H,19,20). The van der Waals surface area contributed by atoms with Gasteiger partial charge in [0.15, 0.2) is 0 Å². The van der Waals surface area contributed by atoms with Crippen LogP contribution in [-0.2, 0) is 16.0 Å². The molecule has 2 aliphatic rings. The van der Waals surface area contributed by atoms with Crippen molar-refractivity contribution in [2.45, 2.75) is 51.0 Å². The van der Waals surface area contributed by atoms with Crippen LogP contribution in [0.5, 0.6) is 0 Å². The Morgan fingerprint density at radius 3 is 2.90 bits per heavy atom. The number of ether oxygens (including phenoxy) is 1. The molecule has 1 heterocycles. The molecule has 21 heavy (non-hydrogen) atoms. The van der Waals surface area contributed by atoms with Crippen molar-refractivity contribution in [3.8, 4) is 0 Å². The van der Waals surface area contributed by atoms with Crippen molar-refractivity contribution < 1.29 is 14.6 Å². The maximum absolute atomic E-state index is 11.8. The van der Waals surface area contributed by atoms with E-state index in [1.807, 2.05) is 12.1 Å². The summed E-state index contributed by atoms with van der Waals surface area (Å²) in [6.45, 7) is 2.78. The molecule has 1 saturated carbocycles. The highest BCUT2D eigenvalue weighted by atomic mass is 16.5. The summed E-state index contributed by atoms with van der Waals surface area (Å²) in [5, 5.41) is 9.68. The van der Waals surface area contributed by atoms with Crippen LogP contribution in [0.25, 0.3) is 0 Å². The molecular weight excluding hydrogens is 264 g/mol. The molecule has 0 amide bonds. The lowest BCUT2D eigenvalue weighted by Crippen LogP contribution is -2.48. The van der Waals surface area contributed by atoms with Gasteiger partial charge in [0.1, 0.15) is 0 Å². The minimum Gasteiger partial charge on any atom is -0.481 e. The van der Waals surface area contributed by atoms with Gasteiger partial charge in [-0.2, -0.15) is 0 Å². The Labute approximate surface area is 126 Å². The highest BCUT2D eigenvalue weighted by Crippen LogP contribution is 2.46. The highest BCUT2D eigenvalue weighted by Gasteiger charge is 2.45. The van der Waals surface area contributed by atoms with E-state index in [4.69, 9.17) is 4.74 Å². The van der Waals surface area contributed by atoms with Crippen LogP contribution in [-0.4, -0.2) is 23.3 Å². The molecule has 1 aromatic carbocycles. The van der Waals surface area contributed by atoms with Crippen molar-refractivity contribution in [1.82, 2.24) is 0 Å². The molecule has 0 bridgehead atoms. The van der Waals surface area contributed by atoms with Crippen LogP contribution in [0.4, 0.5) is 0 Å². The minimum absolute atomic E-state index is 0.0171. The van der Waals surface area contributed by atoms with Crippen molar-refractivity contribution in [3.63, 3.8) is 0 Å². The molecule has 114 valence electrons. The van der Waals surface area contributed by atoms with Gasteiger partial charge in [0.25, 0.3) is 0 Å². The van der Waals surface area contributed by atoms with Gasteiger partial charge in [-0.3, -0.25) is 4.79 Å². The second kappa shape index (κ2) is 5.80. The van der Waals surface area contributed by atoms with Gasteiger partial charge in [-0.1, -0.05) is 29.8 Å². The maximum atomic E-state index is 11.8. The van der Waals surface area contributed by atoms with Gasteiger partial charge < -0.3 is 9.84 Å². The third kappa shape index (κ3) is 3.13. The van der Waals surface area contributed by atoms with E-state index in [0.717, 1.165) is 37.9 Å². The molecule has 1 N–H and O–H groups in total. The maximum Gasteiger partial charge on any atom is 0.307 e. The van der Waals surface area contributed by atoms with E-state index in [-0.39, 0.29) is 17.4 Å². The topological polar surface area (TPSA) is 46.5 Å². The molecule has 2 fully saturated rings. The number of aliphatic carboxylic acids is 1. The molecule has 3 nitrogen and oxygen atoms in total. The Morgan fingerprint density at radius 1 is 1.48 bits per heavy atom. The van der Waals surface area contributed by atoms with E-state index < -0.39 is 5.97 Å². The second-order valence-electron chi connectivity index (χ2n) is 6.78. The average molecular weight is 288 g/mol. The molecule has 0 radical (unpaired) electrons. The number of carbonyl (C=O) groups is 1. The van der Waals surface area contributed by atoms with Gasteiger partial charge in [0.05, 0.1) is 11.5 Å². The van der Waals surface area contributed by atoms with Crippen molar-refractivity contribution in [2.24, 2.45) is 11.8 Å². The van der Waals surface area contributed by atoms with E-state index in [1.54, 1.807) is 0 Å². The zero-order chi connectivity index (χ0) is 14.9. The Kier molecular flexibility index (Phi) is 4.03. The molecule has 2 atom stereocenters. The van der Waals surface area contributed by atoms with Gasteiger partial charge >= 0.3 is 5.97 Å². The zero-order valence-electron chi connectivity index (χ0n) is 12.7. The lowest BCUT2D eigenvalue weighted by Gasteiger charge is -2.48. The molecular formula is C18H24O3. The Morgan fingerprint density at radius 2 is 2.29 bits per heavy atom. The van der Waals surface area contributed by atoms with E-state index in [2.05, 4.69) is 19.1 Å². The molecule has 1 spiro atoms. The van der Waals surface area contributed by atoms with Crippen LogP contribution in [0.1, 0.15) is 43.2 Å². The second-order valence-corrected chi connectivity index (χ2v) is 6.78. The van der Waals surface area contributed by atoms with Gasteiger partial charge in [0, 0.05) is 6.61 Å². The first-order chi connectivity index (χ1) is 10.1. The minimum atomic E-state index is -0.655. The summed E-state index contributed by atoms with van der Waals surface area (Å²) < 4.78 is 5.94. The van der Waals surface area contributed by atoms with Crippen molar-refractivity contribution in [3.05, 3.63) is 35.4 Å². The Hall–Kier alpha value is -1.35. The summed E-state index contributed by atoms with van der Waals surface area (Å²) in [4.78, 5) is 11.8. The normalized spacial score (nSPS) is 25.3. The highest BCUT2D eigenvalue weighted by molar-refractivity contribution is 5.71. The monoisotopic (exact) mass is 288 g/mol. The van der Waals surface area contributed by atoms with Gasteiger partial charge in [-0.05, 0) is 56.9 Å². The van der Waals surface area contributed by atoms with Crippen LogP contribution in [0, 0.1) is 18.8 Å². The van der Waals surface area contributed by atoms with Gasteiger partial charge in [0.2, 0.25) is 0 Å². The van der Waals surface area contributed by atoms with Crippen LogP contribution in [0.2, 0.25) is 0 Å². The smallest absolute Gasteiger partial charge is 0.307 e. The SMILES string of the molecule is Cc1cccc(CC(C(=O)O)C2CCOC3(CCC3)C2)c1. The fourth-order valence-corrected chi connectivity index (χ4v) is 3.88. The Bertz CT molecular complexity index is 519. The van der Waals surface area contributed by atoms with Gasteiger partial charge in [-0.25, -0.2) is 0 Å². The van der Waals surface area contributed by atoms with Crippen molar-refractivity contribution >= 4 is 5.97 Å². The number of rotatable bonds is 4. The van der Waals surface area contributed by atoms with Crippen LogP contribution in [0.3, 0.4) is 0 Å². The average Bonchev–Trinajstić information content (AvgIpc) is 2.43. The lowest BCUT2D eigenvalue weighted by molar-refractivity contribution is -0.162. The van der Waals surface area contributed by atoms with E-state index in [9.17, 15) is 9.90 Å². The predicted molar refractivity (Wildman–Crippen MR) is 81.3 cm³/mol. The van der Waals surface area contributed by atoms with Crippen LogP contribution in [0.15, 0.2) is 24.3 Å². The molecule has 0 aromatic heterocycles. The number of benzene rings is 1. The molecule has 1 saturated heterocycles. The summed E-state index contributed by atoms with van der Waals surface area (Å²) in [6.07, 6.45) is 5.89. The third-order valence-corrected chi connectivity index (χ3v) is 5.22.